The fourth-order valence-electron chi connectivity index (χ4n) is 1.28. The van der Waals surface area contributed by atoms with Crippen molar-refractivity contribution in [3.05, 3.63) is 28.5 Å². The summed E-state index contributed by atoms with van der Waals surface area (Å²) >= 11 is 4.85. The van der Waals surface area contributed by atoms with E-state index in [-0.39, 0.29) is 10.3 Å². The second-order valence-electron chi connectivity index (χ2n) is 2.66. The molecular weight excluding hydrogens is 210 g/mol. The van der Waals surface area contributed by atoms with E-state index < -0.39 is 11.6 Å². The van der Waals surface area contributed by atoms with Gasteiger partial charge in [0.2, 0.25) is 4.77 Å². The van der Waals surface area contributed by atoms with Crippen LogP contribution in [0.2, 0.25) is 0 Å². The third-order valence-corrected chi connectivity index (χ3v) is 2.16. The number of hydrogen-bond acceptors (Lipinski definition) is 2. The molecular formula is C8H6F2N2OS. The van der Waals surface area contributed by atoms with E-state index >= 15 is 0 Å². The molecule has 0 bridgehead atoms. The summed E-state index contributed by atoms with van der Waals surface area (Å²) in [6.45, 7) is 0. The first kappa shape index (κ1) is 9.14. The van der Waals surface area contributed by atoms with E-state index in [4.69, 9.17) is 17.1 Å². The Morgan fingerprint density at radius 2 is 2.14 bits per heavy atom. The van der Waals surface area contributed by atoms with Crippen molar-refractivity contribution in [3.63, 3.8) is 0 Å². The zero-order valence-electron chi connectivity index (χ0n) is 7.17. The zero-order valence-corrected chi connectivity index (χ0v) is 7.99. The SMILES string of the molecule is COn1c(=S)[nH]c2c(F)c(F)ccc21. The van der Waals surface area contributed by atoms with Gasteiger partial charge in [-0.25, -0.2) is 8.78 Å². The molecule has 6 heteroatoms. The topological polar surface area (TPSA) is 29.9 Å². The van der Waals surface area contributed by atoms with Crippen LogP contribution in [0.1, 0.15) is 0 Å². The molecule has 1 aromatic heterocycles. The predicted molar refractivity (Wildman–Crippen MR) is 49.5 cm³/mol. The summed E-state index contributed by atoms with van der Waals surface area (Å²) in [5, 5.41) is 0. The van der Waals surface area contributed by atoms with Gasteiger partial charge in [-0.3, -0.25) is 0 Å². The first-order chi connectivity index (χ1) is 6.65. The number of imidazole rings is 1. The molecule has 0 aliphatic carbocycles. The molecule has 74 valence electrons. The lowest BCUT2D eigenvalue weighted by molar-refractivity contribution is 0.174. The van der Waals surface area contributed by atoms with E-state index in [9.17, 15) is 8.78 Å². The summed E-state index contributed by atoms with van der Waals surface area (Å²) in [7, 11) is 1.39. The number of nitrogens with one attached hydrogen (secondary N) is 1. The molecule has 1 heterocycles. The minimum atomic E-state index is -0.954. The minimum absolute atomic E-state index is 0.0110. The summed E-state index contributed by atoms with van der Waals surface area (Å²) in [6, 6.07) is 2.42. The van der Waals surface area contributed by atoms with Gasteiger partial charge < -0.3 is 9.82 Å². The lowest BCUT2D eigenvalue weighted by Crippen LogP contribution is -2.04. The van der Waals surface area contributed by atoms with E-state index in [0.29, 0.717) is 5.52 Å². The number of hydrogen-bond donors (Lipinski definition) is 1. The van der Waals surface area contributed by atoms with Crippen molar-refractivity contribution >= 4 is 23.3 Å². The zero-order chi connectivity index (χ0) is 10.3. The van der Waals surface area contributed by atoms with Gasteiger partial charge in [0.25, 0.3) is 0 Å². The molecule has 1 N–H and O–H groups in total. The molecule has 0 aliphatic heterocycles. The maximum atomic E-state index is 13.2. The van der Waals surface area contributed by atoms with Crippen LogP contribution in [0.4, 0.5) is 8.78 Å². The number of aromatic amines is 1. The van der Waals surface area contributed by atoms with Crippen molar-refractivity contribution in [2.24, 2.45) is 0 Å². The summed E-state index contributed by atoms with van der Waals surface area (Å²) in [4.78, 5) is 7.41. The molecule has 2 rings (SSSR count). The number of H-pyrrole nitrogens is 1. The third kappa shape index (κ3) is 1.11. The monoisotopic (exact) mass is 216 g/mol. The van der Waals surface area contributed by atoms with Crippen molar-refractivity contribution in [3.8, 4) is 0 Å². The molecule has 0 unspecified atom stereocenters. The Morgan fingerprint density at radius 3 is 2.79 bits per heavy atom. The number of benzene rings is 1. The Morgan fingerprint density at radius 1 is 1.43 bits per heavy atom. The quantitative estimate of drug-likeness (QED) is 0.739. The molecule has 0 amide bonds. The molecule has 0 aliphatic rings. The average Bonchev–Trinajstić information content (AvgIpc) is 2.49. The Hall–Kier alpha value is -1.43. The Balaban J connectivity index is 2.94. The largest absolute Gasteiger partial charge is 0.414 e. The molecule has 0 atom stereocenters. The highest BCUT2D eigenvalue weighted by Gasteiger charge is 2.12. The van der Waals surface area contributed by atoms with Crippen molar-refractivity contribution in [1.82, 2.24) is 9.71 Å². The predicted octanol–water partition coefficient (Wildman–Crippen LogP) is 2.04. The van der Waals surface area contributed by atoms with E-state index in [1.54, 1.807) is 0 Å². The normalized spacial score (nSPS) is 10.8. The number of rotatable bonds is 1. The smallest absolute Gasteiger partial charge is 0.212 e. The number of fused-ring (bicyclic) bond motifs is 1. The third-order valence-electron chi connectivity index (χ3n) is 1.89. The van der Waals surface area contributed by atoms with Crippen LogP contribution in [0.25, 0.3) is 11.0 Å². The van der Waals surface area contributed by atoms with Crippen LogP contribution in [0.15, 0.2) is 12.1 Å². The van der Waals surface area contributed by atoms with Gasteiger partial charge in [-0.2, -0.15) is 4.73 Å². The van der Waals surface area contributed by atoms with E-state index in [1.807, 2.05) is 0 Å². The molecule has 3 nitrogen and oxygen atoms in total. The Labute approximate surface area is 82.9 Å². The fraction of sp³-hybridized carbons (Fsp3) is 0.125. The van der Waals surface area contributed by atoms with Crippen LogP contribution < -0.4 is 4.84 Å². The molecule has 0 spiro atoms. The van der Waals surface area contributed by atoms with Gasteiger partial charge in [0.15, 0.2) is 11.6 Å². The van der Waals surface area contributed by atoms with E-state index in [2.05, 4.69) is 4.98 Å². The van der Waals surface area contributed by atoms with Gasteiger partial charge >= 0.3 is 0 Å². The molecule has 0 saturated heterocycles. The van der Waals surface area contributed by atoms with Crippen LogP contribution >= 0.6 is 12.2 Å². The first-order valence-corrected chi connectivity index (χ1v) is 4.19. The molecule has 0 fully saturated rings. The first-order valence-electron chi connectivity index (χ1n) is 3.78. The van der Waals surface area contributed by atoms with Gasteiger partial charge in [0, 0.05) is 0 Å². The van der Waals surface area contributed by atoms with Crippen LogP contribution in [0.5, 0.6) is 0 Å². The second kappa shape index (κ2) is 3.06. The maximum absolute atomic E-state index is 13.2. The summed E-state index contributed by atoms with van der Waals surface area (Å²) in [5.41, 5.74) is 0.383. The average molecular weight is 216 g/mol. The Kier molecular flexibility index (Phi) is 1.99. The lowest BCUT2D eigenvalue weighted by atomic mass is 10.3. The number of aromatic nitrogens is 2. The standard InChI is InChI=1S/C8H6F2N2OS/c1-13-12-5-3-2-4(9)6(10)7(5)11-8(12)14/h2-3H,1H3,(H,11,14). The van der Waals surface area contributed by atoms with Crippen molar-refractivity contribution < 1.29 is 13.6 Å². The lowest BCUT2D eigenvalue weighted by Gasteiger charge is -2.00. The summed E-state index contributed by atoms with van der Waals surface area (Å²) in [5.74, 6) is -1.87. The van der Waals surface area contributed by atoms with E-state index in [0.717, 1.165) is 6.07 Å². The van der Waals surface area contributed by atoms with Crippen LogP contribution in [0.3, 0.4) is 0 Å². The second-order valence-corrected chi connectivity index (χ2v) is 3.05. The summed E-state index contributed by atoms with van der Waals surface area (Å²) in [6.07, 6.45) is 0. The minimum Gasteiger partial charge on any atom is -0.414 e. The number of nitrogens with zero attached hydrogens (tertiary/aromatic N) is 1. The molecule has 0 saturated carbocycles. The Bertz CT molecular complexity index is 546. The fourth-order valence-corrected chi connectivity index (χ4v) is 1.55. The van der Waals surface area contributed by atoms with E-state index in [1.165, 1.54) is 17.9 Å². The highest BCUT2D eigenvalue weighted by molar-refractivity contribution is 7.71. The van der Waals surface area contributed by atoms with Crippen LogP contribution in [-0.4, -0.2) is 16.8 Å². The van der Waals surface area contributed by atoms with Crippen LogP contribution in [-0.2, 0) is 0 Å². The van der Waals surface area contributed by atoms with Crippen LogP contribution in [0, 0.1) is 16.4 Å². The van der Waals surface area contributed by atoms with Crippen molar-refractivity contribution in [1.29, 1.82) is 0 Å². The highest BCUT2D eigenvalue weighted by atomic mass is 32.1. The van der Waals surface area contributed by atoms with Crippen molar-refractivity contribution in [2.75, 3.05) is 7.11 Å². The highest BCUT2D eigenvalue weighted by Crippen LogP contribution is 2.18. The van der Waals surface area contributed by atoms with Gasteiger partial charge in [-0.05, 0) is 24.4 Å². The van der Waals surface area contributed by atoms with Gasteiger partial charge in [-0.15, -0.1) is 0 Å². The molecule has 14 heavy (non-hydrogen) atoms. The maximum Gasteiger partial charge on any atom is 0.212 e. The molecule has 0 radical (unpaired) electrons. The molecule has 2 aromatic rings. The van der Waals surface area contributed by atoms with Gasteiger partial charge in [0.1, 0.15) is 18.1 Å². The molecule has 1 aromatic carbocycles. The number of halogens is 2. The van der Waals surface area contributed by atoms with Gasteiger partial charge in [0.05, 0.1) is 0 Å². The van der Waals surface area contributed by atoms with Crippen molar-refractivity contribution in [2.45, 2.75) is 0 Å². The van der Waals surface area contributed by atoms with Gasteiger partial charge in [-0.1, -0.05) is 0 Å². The summed E-state index contributed by atoms with van der Waals surface area (Å²) < 4.78 is 27.4.